The van der Waals surface area contributed by atoms with Gasteiger partial charge in [-0.3, -0.25) is 14.5 Å². The van der Waals surface area contributed by atoms with E-state index in [9.17, 15) is 24.9 Å². The summed E-state index contributed by atoms with van der Waals surface area (Å²) < 4.78 is 16.1. The zero-order chi connectivity index (χ0) is 31.0. The molecule has 1 aliphatic heterocycles. The maximum absolute atomic E-state index is 12.9. The first kappa shape index (κ1) is 34.6. The number of aliphatic hydroxyl groups excluding tert-OH is 3. The van der Waals surface area contributed by atoms with Gasteiger partial charge in [0, 0.05) is 52.2 Å². The van der Waals surface area contributed by atoms with Crippen LogP contribution >= 0.6 is 0 Å². The summed E-state index contributed by atoms with van der Waals surface area (Å²) in [5, 5.41) is 34.1. The molecule has 3 unspecified atom stereocenters. The average Bonchev–Trinajstić information content (AvgIpc) is 3.00. The molecule has 238 valence electrons. The summed E-state index contributed by atoms with van der Waals surface area (Å²) in [5.74, 6) is -1.24. The first-order valence-corrected chi connectivity index (χ1v) is 15.0. The fourth-order valence-electron chi connectivity index (χ4n) is 4.91. The van der Waals surface area contributed by atoms with Crippen molar-refractivity contribution < 1.29 is 39.1 Å². The number of rotatable bonds is 18. The van der Waals surface area contributed by atoms with Crippen molar-refractivity contribution in [1.29, 1.82) is 0 Å². The highest BCUT2D eigenvalue weighted by Gasteiger charge is 2.49. The lowest BCUT2D eigenvalue weighted by Gasteiger charge is -2.41. The molecule has 0 spiro atoms. The van der Waals surface area contributed by atoms with Crippen LogP contribution < -0.4 is 5.32 Å². The van der Waals surface area contributed by atoms with Gasteiger partial charge in [-0.05, 0) is 24.6 Å². The van der Waals surface area contributed by atoms with E-state index < -0.39 is 49.3 Å². The molecule has 0 amide bonds. The lowest BCUT2D eigenvalue weighted by Crippen LogP contribution is -2.61. The minimum atomic E-state index is -1.67. The van der Waals surface area contributed by atoms with Gasteiger partial charge < -0.3 is 39.7 Å². The van der Waals surface area contributed by atoms with Crippen LogP contribution in [0.1, 0.15) is 37.3 Å². The van der Waals surface area contributed by atoms with Crippen LogP contribution in [0.25, 0.3) is 0 Å². The molecule has 0 saturated carbocycles. The fraction of sp³-hybridized carbons (Fsp3) is 0.562. The first-order valence-electron chi connectivity index (χ1n) is 15.0. The predicted molar refractivity (Wildman–Crippen MR) is 161 cm³/mol. The molecule has 1 heterocycles. The van der Waals surface area contributed by atoms with Crippen LogP contribution in [0.4, 0.5) is 0 Å². The zero-order valence-electron chi connectivity index (χ0n) is 25.2. The van der Waals surface area contributed by atoms with E-state index in [1.807, 2.05) is 48.5 Å². The topological polar surface area (TPSA) is 141 Å². The lowest BCUT2D eigenvalue weighted by atomic mass is 9.98. The van der Waals surface area contributed by atoms with Gasteiger partial charge in [-0.15, -0.1) is 0 Å². The molecule has 0 bridgehead atoms. The molecule has 43 heavy (non-hydrogen) atoms. The molecule has 0 aromatic heterocycles. The molecule has 11 nitrogen and oxygen atoms in total. The maximum Gasteiger partial charge on any atom is 0.307 e. The van der Waals surface area contributed by atoms with Crippen molar-refractivity contribution >= 4 is 11.9 Å². The average molecular weight is 602 g/mol. The van der Waals surface area contributed by atoms with Gasteiger partial charge in [0.05, 0.1) is 13.0 Å². The van der Waals surface area contributed by atoms with Crippen LogP contribution in [0.5, 0.6) is 0 Å². The number of benzene rings is 2. The molecule has 4 N–H and O–H groups in total. The van der Waals surface area contributed by atoms with Crippen molar-refractivity contribution in [3.63, 3.8) is 0 Å². The van der Waals surface area contributed by atoms with Gasteiger partial charge in [0.1, 0.15) is 12.2 Å². The van der Waals surface area contributed by atoms with Crippen molar-refractivity contribution in [2.24, 2.45) is 0 Å². The van der Waals surface area contributed by atoms with E-state index in [4.69, 9.17) is 14.2 Å². The Kier molecular flexibility index (Phi) is 15.0. The number of nitrogens with one attached hydrogen (secondary N) is 1. The Labute approximate surface area is 254 Å². The molecule has 2 aromatic carbocycles. The molecule has 0 aliphatic carbocycles. The van der Waals surface area contributed by atoms with E-state index in [0.717, 1.165) is 31.7 Å². The van der Waals surface area contributed by atoms with Gasteiger partial charge in [-0.1, -0.05) is 67.6 Å². The summed E-state index contributed by atoms with van der Waals surface area (Å²) in [4.78, 5) is 29.5. The Morgan fingerprint density at radius 3 is 2.05 bits per heavy atom. The number of esters is 2. The van der Waals surface area contributed by atoms with Gasteiger partial charge in [0.25, 0.3) is 0 Å². The molecule has 3 rings (SSSR count). The molecule has 2 aromatic rings. The van der Waals surface area contributed by atoms with Crippen molar-refractivity contribution in [2.75, 3.05) is 46.4 Å². The highest BCUT2D eigenvalue weighted by Crippen LogP contribution is 2.26. The van der Waals surface area contributed by atoms with E-state index in [1.165, 1.54) is 5.56 Å². The number of nitrogens with zero attached hydrogens (tertiary/aromatic N) is 2. The molecule has 5 atom stereocenters. The summed E-state index contributed by atoms with van der Waals surface area (Å²) in [6, 6.07) is 20.3. The zero-order valence-corrected chi connectivity index (χ0v) is 25.2. The molecule has 1 saturated heterocycles. The lowest BCUT2D eigenvalue weighted by molar-refractivity contribution is -0.293. The van der Waals surface area contributed by atoms with Gasteiger partial charge in [-0.25, -0.2) is 0 Å². The van der Waals surface area contributed by atoms with Crippen LogP contribution in [0, 0.1) is 0 Å². The third-order valence-corrected chi connectivity index (χ3v) is 7.26. The summed E-state index contributed by atoms with van der Waals surface area (Å²) in [7, 11) is 2.09. The van der Waals surface area contributed by atoms with Crippen molar-refractivity contribution in [3.8, 4) is 0 Å². The number of aliphatic hydroxyl groups is 3. The summed E-state index contributed by atoms with van der Waals surface area (Å²) in [6.07, 6.45) is -6.51. The second-order valence-electron chi connectivity index (χ2n) is 10.9. The number of hydrogen-bond acceptors (Lipinski definition) is 11. The molecule has 1 fully saturated rings. The molecule has 1 aliphatic rings. The largest absolute Gasteiger partial charge is 0.455 e. The van der Waals surface area contributed by atoms with E-state index >= 15 is 0 Å². The van der Waals surface area contributed by atoms with Gasteiger partial charge in [0.2, 0.25) is 0 Å². The molecule has 0 radical (unpaired) electrons. The molecular weight excluding hydrogens is 554 g/mol. The molecular formula is C32H47N3O8. The number of ether oxygens (including phenoxy) is 3. The Morgan fingerprint density at radius 1 is 0.837 bits per heavy atom. The number of carbonyl (C=O) groups excluding carboxylic acids is 2. The SMILES string of the molecule is CCCC(=O)O[C@@H]1C(OC(=O)CCN(CCNCCN(C)Cc2ccccc2)Cc2ccccc2)C(O)OC(CO)[C@H]1O. The second-order valence-corrected chi connectivity index (χ2v) is 10.9. The standard InChI is InChI=1S/C32H47N3O8/c1-3-10-27(37)42-30-29(39)26(23-36)41-32(40)31(30)43-28(38)15-18-35(22-25-13-8-5-9-14-25)20-17-33-16-19-34(2)21-24-11-6-4-7-12-24/h4-9,11-14,26,29-33,36,39-40H,3,10,15-23H2,1-2H3/t26?,29-,30+,31?,32?/m1/s1. The number of likely N-dealkylation sites (N-methyl/N-ethyl adjacent to an activating group) is 1. The normalized spacial score (nSPS) is 22.1. The van der Waals surface area contributed by atoms with E-state index in [1.54, 1.807) is 6.92 Å². The van der Waals surface area contributed by atoms with Crippen molar-refractivity contribution in [3.05, 3.63) is 71.8 Å². The predicted octanol–water partition coefficient (Wildman–Crippen LogP) is 1.29. The second kappa shape index (κ2) is 18.7. The van der Waals surface area contributed by atoms with E-state index in [2.05, 4.69) is 34.3 Å². The van der Waals surface area contributed by atoms with Crippen LogP contribution in [-0.2, 0) is 36.9 Å². The Balaban J connectivity index is 1.51. The Morgan fingerprint density at radius 2 is 1.42 bits per heavy atom. The van der Waals surface area contributed by atoms with Crippen LogP contribution in [-0.4, -0.2) is 114 Å². The third kappa shape index (κ3) is 12.0. The van der Waals surface area contributed by atoms with Crippen molar-refractivity contribution in [2.45, 2.75) is 70.0 Å². The fourth-order valence-corrected chi connectivity index (χ4v) is 4.91. The Bertz CT molecular complexity index is 1080. The van der Waals surface area contributed by atoms with E-state index in [-0.39, 0.29) is 12.8 Å². The highest BCUT2D eigenvalue weighted by atomic mass is 16.7. The van der Waals surface area contributed by atoms with Gasteiger partial charge >= 0.3 is 11.9 Å². The van der Waals surface area contributed by atoms with Crippen LogP contribution in [0.2, 0.25) is 0 Å². The minimum absolute atomic E-state index is 0.00498. The molecule has 11 heteroatoms. The minimum Gasteiger partial charge on any atom is -0.455 e. The van der Waals surface area contributed by atoms with Crippen LogP contribution in [0.3, 0.4) is 0 Å². The maximum atomic E-state index is 12.9. The van der Waals surface area contributed by atoms with Gasteiger partial charge in [0.15, 0.2) is 18.5 Å². The number of hydrogen-bond donors (Lipinski definition) is 4. The third-order valence-electron chi connectivity index (χ3n) is 7.26. The van der Waals surface area contributed by atoms with Gasteiger partial charge in [-0.2, -0.15) is 0 Å². The number of carbonyl (C=O) groups is 2. The van der Waals surface area contributed by atoms with Crippen molar-refractivity contribution in [1.82, 2.24) is 15.1 Å². The van der Waals surface area contributed by atoms with E-state index in [0.29, 0.717) is 26.1 Å². The Hall–Kier alpha value is -2.90. The summed E-state index contributed by atoms with van der Waals surface area (Å²) >= 11 is 0. The summed E-state index contributed by atoms with van der Waals surface area (Å²) in [5.41, 5.74) is 2.38. The summed E-state index contributed by atoms with van der Waals surface area (Å²) in [6.45, 7) is 6.20. The van der Waals surface area contributed by atoms with Crippen LogP contribution in [0.15, 0.2) is 60.7 Å². The highest BCUT2D eigenvalue weighted by molar-refractivity contribution is 5.71. The monoisotopic (exact) mass is 601 g/mol. The smallest absolute Gasteiger partial charge is 0.307 e. The quantitative estimate of drug-likeness (QED) is 0.145. The first-order chi connectivity index (χ1) is 20.8.